The van der Waals surface area contributed by atoms with Gasteiger partial charge in [0.15, 0.2) is 0 Å². The zero-order valence-corrected chi connectivity index (χ0v) is 18.9. The van der Waals surface area contributed by atoms with Gasteiger partial charge in [0.1, 0.15) is 12.3 Å². The van der Waals surface area contributed by atoms with Gasteiger partial charge in [-0.2, -0.15) is 0 Å². The number of halogens is 2. The Kier molecular flexibility index (Phi) is 7.43. The van der Waals surface area contributed by atoms with E-state index in [2.05, 4.69) is 5.32 Å². The molecule has 6 nitrogen and oxygen atoms in total. The van der Waals surface area contributed by atoms with Crippen LogP contribution in [0.1, 0.15) is 5.56 Å². The van der Waals surface area contributed by atoms with Crippen molar-refractivity contribution in [3.63, 3.8) is 0 Å². The van der Waals surface area contributed by atoms with Crippen molar-refractivity contribution in [2.24, 2.45) is 0 Å². The van der Waals surface area contributed by atoms with Gasteiger partial charge in [-0.05, 0) is 48.0 Å². The highest BCUT2D eigenvalue weighted by Gasteiger charge is 2.27. The fourth-order valence-corrected chi connectivity index (χ4v) is 4.65. The van der Waals surface area contributed by atoms with Crippen molar-refractivity contribution < 1.29 is 17.9 Å². The number of hydrogen-bond acceptors (Lipinski definition) is 4. The van der Waals surface area contributed by atoms with Crippen molar-refractivity contribution in [1.29, 1.82) is 0 Å². The van der Waals surface area contributed by atoms with Crippen LogP contribution in [0.15, 0.2) is 77.7 Å². The van der Waals surface area contributed by atoms with E-state index in [0.29, 0.717) is 10.8 Å². The SMILES string of the molecule is COc1ccc(N(CC(=O)NCc2ccc(Cl)cc2)S(=O)(=O)c2ccccc2)cc1Cl. The predicted octanol–water partition coefficient (Wildman–Crippen LogP) is 4.51. The Morgan fingerprint density at radius 1 is 1.00 bits per heavy atom. The number of carbonyl (C=O) groups is 1. The summed E-state index contributed by atoms with van der Waals surface area (Å²) in [6.45, 7) is -0.188. The van der Waals surface area contributed by atoms with E-state index in [1.165, 1.54) is 31.4 Å². The Balaban J connectivity index is 1.87. The molecule has 0 radical (unpaired) electrons. The van der Waals surface area contributed by atoms with E-state index in [1.54, 1.807) is 48.5 Å². The number of hydrogen-bond donors (Lipinski definition) is 1. The monoisotopic (exact) mass is 478 g/mol. The lowest BCUT2D eigenvalue weighted by molar-refractivity contribution is -0.119. The standard InChI is InChI=1S/C22H20Cl2N2O4S/c1-30-21-12-11-18(13-20(21)24)26(31(28,29)19-5-3-2-4-6-19)15-22(27)25-14-16-7-9-17(23)10-8-16/h2-13H,14-15H2,1H3,(H,25,27). The van der Waals surface area contributed by atoms with E-state index >= 15 is 0 Å². The molecule has 0 atom stereocenters. The molecule has 9 heteroatoms. The molecule has 0 aromatic heterocycles. The second kappa shape index (κ2) is 10.0. The average molecular weight is 479 g/mol. The molecule has 0 aliphatic carbocycles. The summed E-state index contributed by atoms with van der Waals surface area (Å²) in [6, 6.07) is 19.4. The van der Waals surface area contributed by atoms with Crippen LogP contribution < -0.4 is 14.4 Å². The van der Waals surface area contributed by atoms with Gasteiger partial charge in [0.2, 0.25) is 5.91 Å². The normalized spacial score (nSPS) is 11.1. The Bertz CT molecular complexity index is 1150. The number of anilines is 1. The van der Waals surface area contributed by atoms with Crippen LogP contribution in [0.25, 0.3) is 0 Å². The minimum atomic E-state index is -4.02. The Morgan fingerprint density at radius 3 is 2.29 bits per heavy atom. The van der Waals surface area contributed by atoms with Crippen LogP contribution >= 0.6 is 23.2 Å². The van der Waals surface area contributed by atoms with Crippen molar-refractivity contribution in [3.05, 3.63) is 88.4 Å². The lowest BCUT2D eigenvalue weighted by atomic mass is 10.2. The fourth-order valence-electron chi connectivity index (χ4n) is 2.83. The molecular weight excluding hydrogens is 459 g/mol. The second-order valence-electron chi connectivity index (χ2n) is 6.55. The molecule has 1 amide bonds. The van der Waals surface area contributed by atoms with Crippen molar-refractivity contribution in [2.45, 2.75) is 11.4 Å². The topological polar surface area (TPSA) is 75.7 Å². The van der Waals surface area contributed by atoms with Gasteiger partial charge >= 0.3 is 0 Å². The smallest absolute Gasteiger partial charge is 0.264 e. The van der Waals surface area contributed by atoms with Gasteiger partial charge in [-0.1, -0.05) is 53.5 Å². The first-order valence-corrected chi connectivity index (χ1v) is 11.4. The molecule has 0 spiro atoms. The zero-order chi connectivity index (χ0) is 22.4. The molecule has 3 aromatic carbocycles. The minimum Gasteiger partial charge on any atom is -0.495 e. The number of carbonyl (C=O) groups excluding carboxylic acids is 1. The van der Waals surface area contributed by atoms with Crippen molar-refractivity contribution in [3.8, 4) is 5.75 Å². The number of nitrogens with zero attached hydrogens (tertiary/aromatic N) is 1. The number of amides is 1. The predicted molar refractivity (Wildman–Crippen MR) is 122 cm³/mol. The summed E-state index contributed by atoms with van der Waals surface area (Å²) in [6.07, 6.45) is 0. The lowest BCUT2D eigenvalue weighted by Crippen LogP contribution is -2.40. The van der Waals surface area contributed by atoms with Gasteiger partial charge in [0.05, 0.1) is 22.7 Å². The summed E-state index contributed by atoms with van der Waals surface area (Å²) in [5.74, 6) is -0.0731. The first-order chi connectivity index (χ1) is 14.8. The van der Waals surface area contributed by atoms with Gasteiger partial charge in [-0.25, -0.2) is 8.42 Å². The van der Waals surface area contributed by atoms with Crippen LogP contribution in [-0.2, 0) is 21.4 Å². The van der Waals surface area contributed by atoms with Crippen molar-refractivity contribution in [2.75, 3.05) is 18.0 Å². The molecular formula is C22H20Cl2N2O4S. The Morgan fingerprint density at radius 2 is 1.68 bits per heavy atom. The largest absolute Gasteiger partial charge is 0.495 e. The molecule has 31 heavy (non-hydrogen) atoms. The lowest BCUT2D eigenvalue weighted by Gasteiger charge is -2.24. The quantitative estimate of drug-likeness (QED) is 0.516. The summed E-state index contributed by atoms with van der Waals surface area (Å²) >= 11 is 12.1. The third kappa shape index (κ3) is 5.70. The van der Waals surface area contributed by atoms with E-state index in [0.717, 1.165) is 9.87 Å². The average Bonchev–Trinajstić information content (AvgIpc) is 2.77. The Hall–Kier alpha value is -2.74. The number of rotatable bonds is 8. The van der Waals surface area contributed by atoms with E-state index in [1.807, 2.05) is 0 Å². The summed E-state index contributed by atoms with van der Waals surface area (Å²) in [5.41, 5.74) is 1.08. The van der Waals surface area contributed by atoms with Crippen LogP contribution in [0, 0.1) is 0 Å². The molecule has 0 saturated heterocycles. The summed E-state index contributed by atoms with van der Waals surface area (Å²) in [5, 5.41) is 3.55. The van der Waals surface area contributed by atoms with Gasteiger partial charge in [0.25, 0.3) is 10.0 Å². The highest BCUT2D eigenvalue weighted by molar-refractivity contribution is 7.92. The van der Waals surface area contributed by atoms with Gasteiger partial charge < -0.3 is 10.1 Å². The first kappa shape index (κ1) is 22.9. The Labute approximate surface area is 191 Å². The number of benzene rings is 3. The van der Waals surface area contributed by atoms with Crippen LogP contribution in [0.5, 0.6) is 5.75 Å². The molecule has 0 heterocycles. The van der Waals surface area contributed by atoms with Crippen molar-refractivity contribution in [1.82, 2.24) is 5.32 Å². The molecule has 0 saturated carbocycles. The molecule has 1 N–H and O–H groups in total. The van der Waals surface area contributed by atoms with Gasteiger partial charge in [-0.3, -0.25) is 9.10 Å². The third-order valence-corrected chi connectivity index (χ3v) is 6.78. The second-order valence-corrected chi connectivity index (χ2v) is 9.25. The summed E-state index contributed by atoms with van der Waals surface area (Å²) < 4.78 is 32.8. The van der Waals surface area contributed by atoms with Crippen LogP contribution in [0.3, 0.4) is 0 Å². The third-order valence-electron chi connectivity index (χ3n) is 4.44. The highest BCUT2D eigenvalue weighted by Crippen LogP contribution is 2.31. The number of methoxy groups -OCH3 is 1. The maximum atomic E-state index is 13.3. The number of ether oxygens (including phenoxy) is 1. The molecule has 3 aromatic rings. The molecule has 0 bridgehead atoms. The summed E-state index contributed by atoms with van der Waals surface area (Å²) in [4.78, 5) is 12.7. The van der Waals surface area contributed by atoms with Gasteiger partial charge in [0, 0.05) is 11.6 Å². The maximum absolute atomic E-state index is 13.3. The molecule has 0 aliphatic rings. The number of nitrogens with one attached hydrogen (secondary N) is 1. The zero-order valence-electron chi connectivity index (χ0n) is 16.6. The number of sulfonamides is 1. The maximum Gasteiger partial charge on any atom is 0.264 e. The van der Waals surface area contributed by atoms with E-state index in [9.17, 15) is 13.2 Å². The minimum absolute atomic E-state index is 0.0624. The van der Waals surface area contributed by atoms with E-state index in [-0.39, 0.29) is 22.2 Å². The fraction of sp³-hybridized carbons (Fsp3) is 0.136. The van der Waals surface area contributed by atoms with Gasteiger partial charge in [-0.15, -0.1) is 0 Å². The van der Waals surface area contributed by atoms with Crippen LogP contribution in [0.2, 0.25) is 10.0 Å². The first-order valence-electron chi connectivity index (χ1n) is 9.24. The highest BCUT2D eigenvalue weighted by atomic mass is 35.5. The molecule has 0 unspecified atom stereocenters. The molecule has 3 rings (SSSR count). The van der Waals surface area contributed by atoms with Crippen LogP contribution in [0.4, 0.5) is 5.69 Å². The van der Waals surface area contributed by atoms with E-state index in [4.69, 9.17) is 27.9 Å². The molecule has 0 aliphatic heterocycles. The van der Waals surface area contributed by atoms with Crippen molar-refractivity contribution >= 4 is 44.8 Å². The summed E-state index contributed by atoms with van der Waals surface area (Å²) in [7, 11) is -2.56. The van der Waals surface area contributed by atoms with E-state index < -0.39 is 22.5 Å². The molecule has 0 fully saturated rings. The van der Waals surface area contributed by atoms with Crippen LogP contribution in [-0.4, -0.2) is 28.0 Å². The molecule has 162 valence electrons.